The summed E-state index contributed by atoms with van der Waals surface area (Å²) in [5, 5.41) is 19.3. The van der Waals surface area contributed by atoms with Crippen molar-refractivity contribution in [3.8, 4) is 0 Å². The predicted octanol–water partition coefficient (Wildman–Crippen LogP) is 2.48. The molecule has 2 aromatic heterocycles. The number of nitrogens with one attached hydrogen (secondary N) is 1. The molecule has 3 atom stereocenters. The van der Waals surface area contributed by atoms with Gasteiger partial charge in [0.1, 0.15) is 12.1 Å². The van der Waals surface area contributed by atoms with Crippen molar-refractivity contribution < 1.29 is 22.5 Å². The molecule has 1 saturated carbocycles. The van der Waals surface area contributed by atoms with E-state index in [1.165, 1.54) is 12.5 Å². The molecule has 0 saturated heterocycles. The van der Waals surface area contributed by atoms with Crippen LogP contribution < -0.4 is 10.5 Å². The van der Waals surface area contributed by atoms with Gasteiger partial charge in [-0.25, -0.2) is 15.1 Å². The van der Waals surface area contributed by atoms with Crippen molar-refractivity contribution in [2.45, 2.75) is 31.5 Å². The topological polar surface area (TPSA) is 149 Å². The van der Waals surface area contributed by atoms with Gasteiger partial charge in [-0.15, -0.1) is 0 Å². The third kappa shape index (κ3) is 5.70. The average molecular weight is 522 g/mol. The Kier molecular flexibility index (Phi) is 7.02. The van der Waals surface area contributed by atoms with E-state index < -0.39 is 22.3 Å². The number of fused-ring (bicyclic) bond motifs is 1. The van der Waals surface area contributed by atoms with Crippen LogP contribution in [0.25, 0.3) is 10.9 Å². The van der Waals surface area contributed by atoms with Gasteiger partial charge in [0.25, 0.3) is 0 Å². The lowest BCUT2D eigenvalue weighted by atomic mass is 10.0. The Hall–Kier alpha value is -3.64. The van der Waals surface area contributed by atoms with Gasteiger partial charge in [0.15, 0.2) is 5.78 Å². The van der Waals surface area contributed by atoms with Crippen molar-refractivity contribution in [3.05, 3.63) is 90.0 Å². The number of aliphatic hydroxyl groups excluding tert-OH is 1. The molecule has 11 heteroatoms. The maximum atomic E-state index is 13.8. The highest BCUT2D eigenvalue weighted by molar-refractivity contribution is 7.84. The molecule has 0 amide bonds. The number of hydrogen-bond acceptors (Lipinski definition) is 8. The molecule has 2 aromatic carbocycles. The van der Waals surface area contributed by atoms with Crippen LogP contribution in [0.1, 0.15) is 34.3 Å². The number of benzene rings is 2. The number of nitrogens with two attached hydrogens (primary N) is 1. The molecular formula is C26H27N5O5S. The quantitative estimate of drug-likeness (QED) is 0.284. The van der Waals surface area contributed by atoms with Gasteiger partial charge in [-0.05, 0) is 24.5 Å². The number of aromatic nitrogens is 3. The molecule has 0 aliphatic heterocycles. The van der Waals surface area contributed by atoms with Gasteiger partial charge in [-0.2, -0.15) is 8.42 Å². The zero-order valence-electron chi connectivity index (χ0n) is 19.9. The monoisotopic (exact) mass is 521 g/mol. The molecule has 192 valence electrons. The number of ketones is 1. The number of carbonyl (C=O) groups excluding carboxylic acids is 1. The van der Waals surface area contributed by atoms with Crippen LogP contribution in [-0.4, -0.2) is 52.6 Å². The van der Waals surface area contributed by atoms with Crippen LogP contribution in [0.2, 0.25) is 0 Å². The molecule has 1 aliphatic carbocycles. The average Bonchev–Trinajstić information content (AvgIpc) is 3.42. The predicted molar refractivity (Wildman–Crippen MR) is 138 cm³/mol. The van der Waals surface area contributed by atoms with Crippen molar-refractivity contribution in [2.75, 3.05) is 11.9 Å². The van der Waals surface area contributed by atoms with E-state index in [4.69, 9.17) is 5.14 Å². The number of rotatable bonds is 9. The summed E-state index contributed by atoms with van der Waals surface area (Å²) in [6.07, 6.45) is 4.67. The normalized spacial score (nSPS) is 19.8. The molecule has 4 aromatic rings. The van der Waals surface area contributed by atoms with Crippen LogP contribution in [0.4, 0.5) is 5.82 Å². The van der Waals surface area contributed by atoms with Crippen molar-refractivity contribution >= 4 is 32.8 Å². The number of anilines is 1. The second-order valence-electron chi connectivity index (χ2n) is 9.20. The third-order valence-electron chi connectivity index (χ3n) is 6.63. The summed E-state index contributed by atoms with van der Waals surface area (Å²) < 4.78 is 29.0. The van der Waals surface area contributed by atoms with Crippen LogP contribution in [0.5, 0.6) is 0 Å². The summed E-state index contributed by atoms with van der Waals surface area (Å²) >= 11 is 0. The summed E-state index contributed by atoms with van der Waals surface area (Å²) in [5.41, 5.74) is 2.91. The Morgan fingerprint density at radius 3 is 2.65 bits per heavy atom. The van der Waals surface area contributed by atoms with E-state index in [-0.39, 0.29) is 18.4 Å². The zero-order chi connectivity index (χ0) is 26.0. The minimum atomic E-state index is -4.09. The number of aliphatic hydroxyl groups is 1. The van der Waals surface area contributed by atoms with E-state index in [1.54, 1.807) is 0 Å². The fourth-order valence-electron chi connectivity index (χ4n) is 4.87. The van der Waals surface area contributed by atoms with Crippen molar-refractivity contribution in [1.29, 1.82) is 0 Å². The zero-order valence-corrected chi connectivity index (χ0v) is 20.7. The SMILES string of the molecule is NS(=O)(=O)OC[C@H]1C[C@@H](Nc2ncncc2C(=O)c2cn(Cc3ccccc3)c3ccccc23)C[C@@H]1O. The summed E-state index contributed by atoms with van der Waals surface area (Å²) in [4.78, 5) is 22.2. The molecule has 1 fully saturated rings. The Morgan fingerprint density at radius 1 is 1.11 bits per heavy atom. The summed E-state index contributed by atoms with van der Waals surface area (Å²) in [6, 6.07) is 17.5. The Morgan fingerprint density at radius 2 is 1.86 bits per heavy atom. The maximum Gasteiger partial charge on any atom is 0.333 e. The van der Waals surface area contributed by atoms with Crippen molar-refractivity contribution in [1.82, 2.24) is 14.5 Å². The van der Waals surface area contributed by atoms with E-state index in [0.29, 0.717) is 36.3 Å². The van der Waals surface area contributed by atoms with Gasteiger partial charge < -0.3 is 15.0 Å². The molecule has 10 nitrogen and oxygen atoms in total. The van der Waals surface area contributed by atoms with Crippen LogP contribution in [0.15, 0.2) is 73.3 Å². The molecular weight excluding hydrogens is 494 g/mol. The summed E-state index contributed by atoms with van der Waals surface area (Å²) in [7, 11) is -4.09. The Labute approximate surface area is 214 Å². The van der Waals surface area contributed by atoms with Crippen molar-refractivity contribution in [2.24, 2.45) is 11.1 Å². The van der Waals surface area contributed by atoms with Gasteiger partial charge in [0, 0.05) is 47.4 Å². The van der Waals surface area contributed by atoms with E-state index in [0.717, 1.165) is 16.5 Å². The first-order valence-corrected chi connectivity index (χ1v) is 13.3. The summed E-state index contributed by atoms with van der Waals surface area (Å²) in [5.74, 6) is -0.295. The molecule has 1 aliphatic rings. The molecule has 0 bridgehead atoms. The molecule has 2 heterocycles. The van der Waals surface area contributed by atoms with Gasteiger partial charge in [0.05, 0.1) is 18.3 Å². The van der Waals surface area contributed by atoms with E-state index in [9.17, 15) is 18.3 Å². The fraction of sp³-hybridized carbons (Fsp3) is 0.269. The number of hydrogen-bond donors (Lipinski definition) is 3. The fourth-order valence-corrected chi connectivity index (χ4v) is 5.23. The van der Waals surface area contributed by atoms with E-state index in [2.05, 4.69) is 24.0 Å². The summed E-state index contributed by atoms with van der Waals surface area (Å²) in [6.45, 7) is 0.404. The maximum absolute atomic E-state index is 13.8. The van der Waals surface area contributed by atoms with Gasteiger partial charge in [0.2, 0.25) is 0 Å². The third-order valence-corrected chi connectivity index (χ3v) is 7.10. The molecule has 0 radical (unpaired) electrons. The molecule has 0 unspecified atom stereocenters. The second kappa shape index (κ2) is 10.4. The highest BCUT2D eigenvalue weighted by Gasteiger charge is 2.35. The minimum Gasteiger partial charge on any atom is -0.393 e. The molecule has 0 spiro atoms. The standard InChI is InChI=1S/C26H27N5O5S/c27-37(34,35)36-15-18-10-19(11-24(18)32)30-26-21(12-28-16-29-26)25(33)22-14-31(13-17-6-2-1-3-7-17)23-9-5-4-8-20(22)23/h1-9,12,14,16,18-19,24,32H,10-11,13,15H2,(H2,27,34,35)(H,28,29,30)/t18-,19-,24+/m1/s1. The highest BCUT2D eigenvalue weighted by Crippen LogP contribution is 2.31. The van der Waals surface area contributed by atoms with E-state index >= 15 is 0 Å². The lowest BCUT2D eigenvalue weighted by molar-refractivity contribution is 0.101. The second-order valence-corrected chi connectivity index (χ2v) is 10.4. The van der Waals surface area contributed by atoms with Crippen LogP contribution >= 0.6 is 0 Å². The minimum absolute atomic E-state index is 0.214. The molecule has 37 heavy (non-hydrogen) atoms. The number of nitrogens with zero attached hydrogens (tertiary/aromatic N) is 3. The first-order valence-electron chi connectivity index (χ1n) is 11.9. The first kappa shape index (κ1) is 25.0. The number of carbonyl (C=O) groups is 1. The lowest BCUT2D eigenvalue weighted by Crippen LogP contribution is -2.24. The van der Waals surface area contributed by atoms with E-state index in [1.807, 2.05) is 60.8 Å². The van der Waals surface area contributed by atoms with Crippen LogP contribution in [-0.2, 0) is 21.0 Å². The van der Waals surface area contributed by atoms with Crippen molar-refractivity contribution in [3.63, 3.8) is 0 Å². The lowest BCUT2D eigenvalue weighted by Gasteiger charge is -2.15. The van der Waals surface area contributed by atoms with Gasteiger partial charge in [-0.3, -0.25) is 8.98 Å². The Bertz CT molecular complexity index is 1520. The molecule has 5 rings (SSSR count). The van der Waals surface area contributed by atoms with Gasteiger partial charge >= 0.3 is 10.3 Å². The van der Waals surface area contributed by atoms with Gasteiger partial charge in [-0.1, -0.05) is 48.5 Å². The first-order chi connectivity index (χ1) is 17.8. The largest absolute Gasteiger partial charge is 0.393 e. The smallest absolute Gasteiger partial charge is 0.333 e. The highest BCUT2D eigenvalue weighted by atomic mass is 32.2. The van der Waals surface area contributed by atoms with Crippen LogP contribution in [0, 0.1) is 5.92 Å². The number of para-hydroxylation sites is 1. The van der Waals surface area contributed by atoms with Crippen LogP contribution in [0.3, 0.4) is 0 Å². The Balaban J connectivity index is 1.39. The molecule has 4 N–H and O–H groups in total.